The lowest BCUT2D eigenvalue weighted by molar-refractivity contribution is -0.113. The van der Waals surface area contributed by atoms with E-state index in [9.17, 15) is 4.79 Å². The Morgan fingerprint density at radius 3 is 2.38 bits per heavy atom. The fourth-order valence-electron chi connectivity index (χ4n) is 3.26. The van der Waals surface area contributed by atoms with E-state index in [4.69, 9.17) is 0 Å². The van der Waals surface area contributed by atoms with E-state index >= 15 is 0 Å². The van der Waals surface area contributed by atoms with Crippen LogP contribution < -0.4 is 0 Å². The van der Waals surface area contributed by atoms with Gasteiger partial charge in [-0.1, -0.05) is 50.0 Å². The molecule has 0 saturated carbocycles. The highest BCUT2D eigenvalue weighted by molar-refractivity contribution is 6.76. The van der Waals surface area contributed by atoms with Crippen LogP contribution >= 0.6 is 0 Å². The number of Topliss-reactive ketones (excluding diaryl/α,β-unsaturated/α-hetero) is 1. The summed E-state index contributed by atoms with van der Waals surface area (Å²) in [6.45, 7) is 12.0. The molecule has 1 aliphatic heterocycles. The molecular formula is C18H27NOSi. The van der Waals surface area contributed by atoms with Crippen molar-refractivity contribution >= 4 is 13.9 Å². The predicted octanol–water partition coefficient (Wildman–Crippen LogP) is 4.46. The van der Waals surface area contributed by atoms with E-state index in [2.05, 4.69) is 61.8 Å². The van der Waals surface area contributed by atoms with E-state index in [0.717, 1.165) is 18.5 Å². The lowest BCUT2D eigenvalue weighted by Crippen LogP contribution is -2.36. The van der Waals surface area contributed by atoms with Gasteiger partial charge in [0.25, 0.3) is 0 Å². The van der Waals surface area contributed by atoms with E-state index in [1.807, 2.05) is 0 Å². The van der Waals surface area contributed by atoms with Gasteiger partial charge in [0.1, 0.15) is 0 Å². The predicted molar refractivity (Wildman–Crippen MR) is 91.9 cm³/mol. The third-order valence-corrected chi connectivity index (χ3v) is 5.91. The number of rotatable bonds is 5. The second kappa shape index (κ2) is 6.18. The van der Waals surface area contributed by atoms with Gasteiger partial charge in [-0.25, -0.2) is 0 Å². The van der Waals surface area contributed by atoms with Crippen molar-refractivity contribution in [1.29, 1.82) is 0 Å². The van der Waals surface area contributed by atoms with Gasteiger partial charge in [0.05, 0.1) is 0 Å². The van der Waals surface area contributed by atoms with Crippen LogP contribution in [0, 0.1) is 0 Å². The molecule has 1 heterocycles. The lowest BCUT2D eigenvalue weighted by atomic mass is 10.1. The maximum Gasteiger partial charge on any atom is 0.157 e. The Bertz CT molecular complexity index is 542. The van der Waals surface area contributed by atoms with Crippen LogP contribution in [0.2, 0.25) is 25.7 Å². The van der Waals surface area contributed by atoms with Crippen molar-refractivity contribution in [3.8, 4) is 0 Å². The zero-order chi connectivity index (χ0) is 15.6. The van der Waals surface area contributed by atoms with Crippen LogP contribution in [0.5, 0.6) is 0 Å². The van der Waals surface area contributed by atoms with Gasteiger partial charge in [-0.3, -0.25) is 4.79 Å². The Balaban J connectivity index is 2.24. The van der Waals surface area contributed by atoms with Gasteiger partial charge in [-0.15, -0.1) is 0 Å². The fourth-order valence-corrected chi connectivity index (χ4v) is 5.03. The monoisotopic (exact) mass is 301 g/mol. The van der Waals surface area contributed by atoms with Crippen LogP contribution in [0.1, 0.15) is 25.8 Å². The highest BCUT2D eigenvalue weighted by atomic mass is 28.3. The normalized spacial score (nSPS) is 19.3. The van der Waals surface area contributed by atoms with E-state index in [0.29, 0.717) is 6.04 Å². The van der Waals surface area contributed by atoms with Crippen LogP contribution in [-0.4, -0.2) is 24.8 Å². The molecule has 3 heteroatoms. The minimum absolute atomic E-state index is 0.239. The molecule has 1 aromatic carbocycles. The van der Waals surface area contributed by atoms with Crippen LogP contribution in [0.3, 0.4) is 0 Å². The molecule has 0 N–H and O–H groups in total. The number of hydrogen-bond acceptors (Lipinski definition) is 2. The van der Waals surface area contributed by atoms with Gasteiger partial charge in [0.2, 0.25) is 0 Å². The molecule has 1 atom stereocenters. The molecule has 0 aromatic heterocycles. The maximum atomic E-state index is 11.9. The molecule has 0 aliphatic carbocycles. The Morgan fingerprint density at radius 1 is 1.24 bits per heavy atom. The summed E-state index contributed by atoms with van der Waals surface area (Å²) in [4.78, 5) is 14.4. The average molecular weight is 302 g/mol. The van der Waals surface area contributed by atoms with Crippen LogP contribution in [0.15, 0.2) is 41.6 Å². The summed E-state index contributed by atoms with van der Waals surface area (Å²) in [6, 6.07) is 12.3. The molecule has 0 spiro atoms. The van der Waals surface area contributed by atoms with Crippen LogP contribution in [0.4, 0.5) is 0 Å². The molecule has 1 aromatic rings. The number of carbonyl (C=O) groups excluding carboxylic acids is 1. The summed E-state index contributed by atoms with van der Waals surface area (Å²) >= 11 is 0. The smallest absolute Gasteiger partial charge is 0.157 e. The van der Waals surface area contributed by atoms with Gasteiger partial charge in [-0.05, 0) is 31.9 Å². The van der Waals surface area contributed by atoms with Crippen molar-refractivity contribution < 1.29 is 4.79 Å². The van der Waals surface area contributed by atoms with Crippen LogP contribution in [-0.2, 0) is 11.3 Å². The number of hydrogen-bond donors (Lipinski definition) is 0. The Labute approximate surface area is 129 Å². The number of benzene rings is 1. The van der Waals surface area contributed by atoms with Crippen LogP contribution in [0.25, 0.3) is 0 Å². The van der Waals surface area contributed by atoms with Crippen molar-refractivity contribution in [1.82, 2.24) is 4.90 Å². The minimum Gasteiger partial charge on any atom is -0.367 e. The molecule has 1 aliphatic rings. The number of carbonyl (C=O) groups is 1. The van der Waals surface area contributed by atoms with Gasteiger partial charge in [0.15, 0.2) is 5.78 Å². The first kappa shape index (κ1) is 16.0. The van der Waals surface area contributed by atoms with E-state index < -0.39 is 8.07 Å². The molecular weight excluding hydrogens is 274 g/mol. The largest absolute Gasteiger partial charge is 0.367 e. The Kier molecular flexibility index (Phi) is 4.72. The average Bonchev–Trinajstić information content (AvgIpc) is 2.67. The third-order valence-electron chi connectivity index (χ3n) is 4.22. The number of nitrogens with zero attached hydrogens (tertiary/aromatic N) is 1. The summed E-state index contributed by atoms with van der Waals surface area (Å²) in [7, 11) is -1.15. The summed E-state index contributed by atoms with van der Waals surface area (Å²) < 4.78 is 0. The second-order valence-electron chi connectivity index (χ2n) is 7.36. The summed E-state index contributed by atoms with van der Waals surface area (Å²) in [5.41, 5.74) is 3.55. The standard InChI is InChI=1S/C18H27NOSi/c1-14-18(15(2)20)11-17(13-21(3,4)5)19(14)12-16-9-7-6-8-10-16/h6-10,17H,11-13H2,1-5H3. The maximum absolute atomic E-state index is 11.9. The van der Waals surface area contributed by atoms with Crippen molar-refractivity contribution in [3.05, 3.63) is 47.2 Å². The second-order valence-corrected chi connectivity index (χ2v) is 12.9. The lowest BCUT2D eigenvalue weighted by Gasteiger charge is -2.32. The number of allylic oxidation sites excluding steroid dienone is 1. The van der Waals surface area contributed by atoms with Gasteiger partial charge >= 0.3 is 0 Å². The first-order valence-corrected chi connectivity index (χ1v) is 11.5. The molecule has 0 radical (unpaired) electrons. The molecule has 0 bridgehead atoms. The van der Waals surface area contributed by atoms with E-state index in [-0.39, 0.29) is 5.78 Å². The molecule has 2 rings (SSSR count). The molecule has 1 unspecified atom stereocenters. The third kappa shape index (κ3) is 4.07. The summed E-state index contributed by atoms with van der Waals surface area (Å²) in [6.07, 6.45) is 0.929. The van der Waals surface area contributed by atoms with Crippen molar-refractivity contribution in [2.75, 3.05) is 0 Å². The SMILES string of the molecule is CC(=O)C1=C(C)N(Cc2ccccc2)C(C[Si](C)(C)C)C1. The fraction of sp³-hybridized carbons (Fsp3) is 0.500. The molecule has 114 valence electrons. The molecule has 0 saturated heterocycles. The molecule has 2 nitrogen and oxygen atoms in total. The van der Waals surface area contributed by atoms with E-state index in [1.165, 1.54) is 17.3 Å². The minimum atomic E-state index is -1.15. The van der Waals surface area contributed by atoms with Gasteiger partial charge < -0.3 is 4.90 Å². The highest BCUT2D eigenvalue weighted by Gasteiger charge is 2.34. The van der Waals surface area contributed by atoms with Gasteiger partial charge in [0, 0.05) is 31.9 Å². The zero-order valence-electron chi connectivity index (χ0n) is 13.9. The van der Waals surface area contributed by atoms with Crippen molar-refractivity contribution in [3.63, 3.8) is 0 Å². The summed E-state index contributed by atoms with van der Waals surface area (Å²) in [5, 5.41) is 0. The van der Waals surface area contributed by atoms with Crippen molar-refractivity contribution in [2.45, 2.75) is 58.5 Å². The highest BCUT2D eigenvalue weighted by Crippen LogP contribution is 2.35. The van der Waals surface area contributed by atoms with E-state index in [1.54, 1.807) is 6.92 Å². The Morgan fingerprint density at radius 2 is 1.86 bits per heavy atom. The quantitative estimate of drug-likeness (QED) is 0.748. The van der Waals surface area contributed by atoms with Gasteiger partial charge in [-0.2, -0.15) is 0 Å². The summed E-state index contributed by atoms with van der Waals surface area (Å²) in [5.74, 6) is 0.239. The molecule has 0 fully saturated rings. The molecule has 21 heavy (non-hydrogen) atoms. The zero-order valence-corrected chi connectivity index (χ0v) is 14.9. The Hall–Kier alpha value is -1.35. The first-order valence-electron chi connectivity index (χ1n) is 7.79. The first-order chi connectivity index (χ1) is 9.78. The molecule has 0 amide bonds. The topological polar surface area (TPSA) is 20.3 Å². The van der Waals surface area contributed by atoms with Crippen molar-refractivity contribution in [2.24, 2.45) is 0 Å². The number of ketones is 1.